The number of methoxy groups -OCH3 is 1. The van der Waals surface area contributed by atoms with Crippen molar-refractivity contribution in [1.29, 1.82) is 0 Å². The summed E-state index contributed by atoms with van der Waals surface area (Å²) in [5.41, 5.74) is -0.620. The van der Waals surface area contributed by atoms with Crippen LogP contribution in [0.4, 0.5) is 8.78 Å². The molecule has 0 radical (unpaired) electrons. The third-order valence-corrected chi connectivity index (χ3v) is 2.46. The lowest BCUT2D eigenvalue weighted by molar-refractivity contribution is -0.153. The zero-order valence-corrected chi connectivity index (χ0v) is 13.3. The number of esters is 1. The molecule has 23 heavy (non-hydrogen) atoms. The first-order chi connectivity index (χ1) is 10.6. The van der Waals surface area contributed by atoms with Gasteiger partial charge in [-0.3, -0.25) is 9.59 Å². The van der Waals surface area contributed by atoms with Crippen LogP contribution in [-0.4, -0.2) is 37.7 Å². The Bertz CT molecular complexity index is 569. The Labute approximate surface area is 132 Å². The fourth-order valence-electron chi connectivity index (χ4n) is 1.64. The van der Waals surface area contributed by atoms with E-state index in [1.165, 1.54) is 19.2 Å². The standard InChI is InChI=1S/C15H19F2NO5/c1-15(2,3)23-12(19)8-18-13(20)9-5-6-10(21-4)11(7-9)22-14(16)17/h5-7,14H,8H2,1-4H3,(H,18,20). The Hall–Kier alpha value is -2.38. The SMILES string of the molecule is COc1ccc(C(=O)NCC(=O)OC(C)(C)C)cc1OC(F)F. The molecular formula is C15H19F2NO5. The second-order valence-corrected chi connectivity index (χ2v) is 5.51. The van der Waals surface area contributed by atoms with Crippen molar-refractivity contribution < 1.29 is 32.6 Å². The van der Waals surface area contributed by atoms with Crippen molar-refractivity contribution >= 4 is 11.9 Å². The summed E-state index contributed by atoms with van der Waals surface area (Å²) in [5, 5.41) is 2.34. The fourth-order valence-corrected chi connectivity index (χ4v) is 1.64. The minimum absolute atomic E-state index is 0.0463. The molecule has 0 heterocycles. The van der Waals surface area contributed by atoms with Crippen molar-refractivity contribution in [2.75, 3.05) is 13.7 Å². The van der Waals surface area contributed by atoms with Crippen molar-refractivity contribution in [3.05, 3.63) is 23.8 Å². The molecule has 8 heteroatoms. The van der Waals surface area contributed by atoms with Gasteiger partial charge in [0.1, 0.15) is 12.1 Å². The molecule has 0 aliphatic carbocycles. The molecule has 0 saturated carbocycles. The molecular weight excluding hydrogens is 312 g/mol. The van der Waals surface area contributed by atoms with E-state index in [1.54, 1.807) is 20.8 Å². The number of ether oxygens (including phenoxy) is 3. The van der Waals surface area contributed by atoms with Crippen molar-refractivity contribution in [2.24, 2.45) is 0 Å². The lowest BCUT2D eigenvalue weighted by Gasteiger charge is -2.19. The van der Waals surface area contributed by atoms with Crippen molar-refractivity contribution in [2.45, 2.75) is 33.0 Å². The molecule has 0 aliphatic rings. The molecule has 0 atom stereocenters. The average molecular weight is 331 g/mol. The van der Waals surface area contributed by atoms with Gasteiger partial charge in [0.05, 0.1) is 7.11 Å². The predicted octanol–water partition coefficient (Wildman–Crippen LogP) is 2.37. The smallest absolute Gasteiger partial charge is 0.387 e. The predicted molar refractivity (Wildman–Crippen MR) is 77.8 cm³/mol. The maximum Gasteiger partial charge on any atom is 0.387 e. The summed E-state index contributed by atoms with van der Waals surface area (Å²) in [5.74, 6) is -1.44. The Morgan fingerprint density at radius 2 is 1.87 bits per heavy atom. The number of halogens is 2. The molecule has 0 spiro atoms. The Morgan fingerprint density at radius 3 is 2.39 bits per heavy atom. The van der Waals surface area contributed by atoms with Crippen molar-refractivity contribution in [3.8, 4) is 11.5 Å². The molecule has 0 aromatic heterocycles. The third kappa shape index (κ3) is 6.50. The largest absolute Gasteiger partial charge is 0.493 e. The summed E-state index contributed by atoms with van der Waals surface area (Å²) in [6.07, 6.45) is 0. The van der Waals surface area contributed by atoms with Crippen LogP contribution in [0.1, 0.15) is 31.1 Å². The van der Waals surface area contributed by atoms with E-state index in [0.717, 1.165) is 6.07 Å². The Morgan fingerprint density at radius 1 is 1.22 bits per heavy atom. The van der Waals surface area contributed by atoms with Crippen LogP contribution in [0, 0.1) is 0 Å². The summed E-state index contributed by atoms with van der Waals surface area (Å²) >= 11 is 0. The van der Waals surface area contributed by atoms with Gasteiger partial charge < -0.3 is 19.5 Å². The second-order valence-electron chi connectivity index (χ2n) is 5.51. The minimum atomic E-state index is -3.05. The van der Waals surface area contributed by atoms with Gasteiger partial charge in [0, 0.05) is 5.56 Å². The van der Waals surface area contributed by atoms with Crippen LogP contribution >= 0.6 is 0 Å². The van der Waals surface area contributed by atoms with Gasteiger partial charge >= 0.3 is 12.6 Å². The third-order valence-electron chi connectivity index (χ3n) is 2.46. The molecule has 0 aliphatic heterocycles. The molecule has 1 N–H and O–H groups in total. The average Bonchev–Trinajstić information content (AvgIpc) is 2.42. The number of nitrogens with one attached hydrogen (secondary N) is 1. The van der Waals surface area contributed by atoms with Crippen molar-refractivity contribution in [3.63, 3.8) is 0 Å². The van der Waals surface area contributed by atoms with Crippen LogP contribution in [0.25, 0.3) is 0 Å². The lowest BCUT2D eigenvalue weighted by atomic mass is 10.2. The van der Waals surface area contributed by atoms with Gasteiger partial charge in [-0.2, -0.15) is 8.78 Å². The number of hydrogen-bond acceptors (Lipinski definition) is 5. The van der Waals surface area contributed by atoms with E-state index in [-0.39, 0.29) is 23.6 Å². The summed E-state index contributed by atoms with van der Waals surface area (Å²) in [6, 6.07) is 3.79. The van der Waals surface area contributed by atoms with E-state index in [9.17, 15) is 18.4 Å². The number of alkyl halides is 2. The number of rotatable bonds is 6. The highest BCUT2D eigenvalue weighted by molar-refractivity contribution is 5.96. The van der Waals surface area contributed by atoms with E-state index in [4.69, 9.17) is 9.47 Å². The summed E-state index contributed by atoms with van der Waals surface area (Å²) in [7, 11) is 1.29. The van der Waals surface area contributed by atoms with Crippen molar-refractivity contribution in [1.82, 2.24) is 5.32 Å². The normalized spacial score (nSPS) is 11.1. The van der Waals surface area contributed by atoms with Crippen LogP contribution in [-0.2, 0) is 9.53 Å². The first kappa shape index (κ1) is 18.7. The summed E-state index contributed by atoms with van der Waals surface area (Å²) in [6.45, 7) is 1.70. The number of benzene rings is 1. The lowest BCUT2D eigenvalue weighted by Crippen LogP contribution is -2.34. The monoisotopic (exact) mass is 331 g/mol. The highest BCUT2D eigenvalue weighted by atomic mass is 19.3. The fraction of sp³-hybridized carbons (Fsp3) is 0.467. The maximum absolute atomic E-state index is 12.3. The van der Waals surface area contributed by atoms with E-state index in [0.29, 0.717) is 0 Å². The van der Waals surface area contributed by atoms with Gasteiger partial charge in [0.2, 0.25) is 0 Å². The molecule has 0 unspecified atom stereocenters. The minimum Gasteiger partial charge on any atom is -0.493 e. The van der Waals surface area contributed by atoms with E-state index in [2.05, 4.69) is 10.1 Å². The van der Waals surface area contributed by atoms with Gasteiger partial charge in [-0.05, 0) is 39.0 Å². The quantitative estimate of drug-likeness (QED) is 0.810. The van der Waals surface area contributed by atoms with Crippen LogP contribution < -0.4 is 14.8 Å². The van der Waals surface area contributed by atoms with E-state index >= 15 is 0 Å². The van der Waals surface area contributed by atoms with Crippen LogP contribution in [0.3, 0.4) is 0 Å². The van der Waals surface area contributed by atoms with Gasteiger partial charge in [-0.25, -0.2) is 0 Å². The molecule has 1 aromatic carbocycles. The number of hydrogen-bond donors (Lipinski definition) is 1. The molecule has 1 aromatic rings. The molecule has 0 saturated heterocycles. The number of carbonyl (C=O) groups excluding carboxylic acids is 2. The molecule has 1 rings (SSSR count). The van der Waals surface area contributed by atoms with Crippen LogP contribution in [0.2, 0.25) is 0 Å². The molecule has 0 bridgehead atoms. The highest BCUT2D eigenvalue weighted by Gasteiger charge is 2.18. The molecule has 128 valence electrons. The van der Waals surface area contributed by atoms with E-state index in [1.807, 2.05) is 0 Å². The number of amides is 1. The highest BCUT2D eigenvalue weighted by Crippen LogP contribution is 2.29. The van der Waals surface area contributed by atoms with E-state index < -0.39 is 24.1 Å². The Balaban J connectivity index is 2.74. The molecule has 0 fully saturated rings. The van der Waals surface area contributed by atoms with Crippen LogP contribution in [0.15, 0.2) is 18.2 Å². The maximum atomic E-state index is 12.3. The Kier molecular flexibility index (Phi) is 6.29. The van der Waals surface area contributed by atoms with Crippen LogP contribution in [0.5, 0.6) is 11.5 Å². The summed E-state index contributed by atoms with van der Waals surface area (Å²) < 4.78 is 38.9. The molecule has 1 amide bonds. The molecule has 6 nitrogen and oxygen atoms in total. The zero-order valence-electron chi connectivity index (χ0n) is 13.3. The van der Waals surface area contributed by atoms with Gasteiger partial charge in [0.25, 0.3) is 5.91 Å². The topological polar surface area (TPSA) is 73.9 Å². The van der Waals surface area contributed by atoms with Gasteiger partial charge in [-0.1, -0.05) is 0 Å². The number of carbonyl (C=O) groups is 2. The van der Waals surface area contributed by atoms with Gasteiger partial charge in [0.15, 0.2) is 11.5 Å². The summed E-state index contributed by atoms with van der Waals surface area (Å²) in [4.78, 5) is 23.5. The first-order valence-corrected chi connectivity index (χ1v) is 6.75. The second kappa shape index (κ2) is 7.75. The first-order valence-electron chi connectivity index (χ1n) is 6.75. The zero-order chi connectivity index (χ0) is 17.6. The van der Waals surface area contributed by atoms with Gasteiger partial charge in [-0.15, -0.1) is 0 Å².